The van der Waals surface area contributed by atoms with Crippen molar-refractivity contribution in [2.24, 2.45) is 0 Å². The molecule has 7 nitrogen and oxygen atoms in total. The standard InChI is InChI=1S/C19H14ClNO6/c1-25-13-5-3-12(4-6-13)21-18(23)10-26-19(24)17-9-15(22)14-8-11(20)2-7-16(14)27-17/h2-9H,10H2,1H3,(H,21,23). The SMILES string of the molecule is COc1ccc(NC(=O)COC(=O)c2cc(=O)c3cc(Cl)ccc3o2)cc1. The first kappa shape index (κ1) is 18.5. The zero-order valence-electron chi connectivity index (χ0n) is 14.2. The number of ether oxygens (including phenoxy) is 2. The lowest BCUT2D eigenvalue weighted by molar-refractivity contribution is -0.119. The molecule has 0 atom stereocenters. The van der Waals surface area contributed by atoms with Gasteiger partial charge in [-0.2, -0.15) is 0 Å². The second-order valence-electron chi connectivity index (χ2n) is 5.47. The molecule has 0 unspecified atom stereocenters. The highest BCUT2D eigenvalue weighted by Crippen LogP contribution is 2.18. The maximum absolute atomic E-state index is 12.1. The van der Waals surface area contributed by atoms with E-state index < -0.39 is 23.9 Å². The van der Waals surface area contributed by atoms with Crippen LogP contribution in [0.5, 0.6) is 5.75 Å². The molecule has 1 aromatic heterocycles. The second-order valence-corrected chi connectivity index (χ2v) is 5.90. The molecule has 27 heavy (non-hydrogen) atoms. The molecule has 8 heteroatoms. The molecule has 3 aromatic rings. The molecule has 1 amide bonds. The van der Waals surface area contributed by atoms with Crippen molar-refractivity contribution in [3.05, 3.63) is 69.5 Å². The van der Waals surface area contributed by atoms with Crippen molar-refractivity contribution in [1.29, 1.82) is 0 Å². The van der Waals surface area contributed by atoms with Gasteiger partial charge in [-0.05, 0) is 42.5 Å². The number of anilines is 1. The third-order valence-corrected chi connectivity index (χ3v) is 3.83. The van der Waals surface area contributed by atoms with E-state index in [-0.39, 0.29) is 16.7 Å². The Morgan fingerprint density at radius 3 is 2.56 bits per heavy atom. The number of amides is 1. The molecule has 0 saturated carbocycles. The number of carbonyl (C=O) groups excluding carboxylic acids is 2. The van der Waals surface area contributed by atoms with Crippen LogP contribution in [0.15, 0.2) is 57.7 Å². The van der Waals surface area contributed by atoms with E-state index in [0.717, 1.165) is 6.07 Å². The number of esters is 1. The molecule has 0 fully saturated rings. The first-order valence-corrected chi connectivity index (χ1v) is 8.18. The minimum absolute atomic E-state index is 0.196. The van der Waals surface area contributed by atoms with Crippen LogP contribution in [-0.2, 0) is 9.53 Å². The Morgan fingerprint density at radius 1 is 1.11 bits per heavy atom. The van der Waals surface area contributed by atoms with Crippen molar-refractivity contribution in [2.75, 3.05) is 19.0 Å². The van der Waals surface area contributed by atoms with E-state index >= 15 is 0 Å². The van der Waals surface area contributed by atoms with Gasteiger partial charge < -0.3 is 19.2 Å². The molecule has 1 N–H and O–H groups in total. The van der Waals surface area contributed by atoms with E-state index in [0.29, 0.717) is 16.5 Å². The van der Waals surface area contributed by atoms with Crippen LogP contribution in [0.3, 0.4) is 0 Å². The van der Waals surface area contributed by atoms with Gasteiger partial charge in [0.05, 0.1) is 12.5 Å². The van der Waals surface area contributed by atoms with Crippen LogP contribution in [0, 0.1) is 0 Å². The summed E-state index contributed by atoms with van der Waals surface area (Å²) in [4.78, 5) is 36.0. The third-order valence-electron chi connectivity index (χ3n) is 3.60. The average molecular weight is 388 g/mol. The monoisotopic (exact) mass is 387 g/mol. The Kier molecular flexibility index (Phi) is 5.42. The highest BCUT2D eigenvalue weighted by atomic mass is 35.5. The van der Waals surface area contributed by atoms with Crippen molar-refractivity contribution in [1.82, 2.24) is 0 Å². The number of benzene rings is 2. The maximum Gasteiger partial charge on any atom is 0.374 e. The Hall–Kier alpha value is -3.32. The Morgan fingerprint density at radius 2 is 1.85 bits per heavy atom. The molecule has 1 heterocycles. The van der Waals surface area contributed by atoms with Gasteiger partial charge >= 0.3 is 5.97 Å². The van der Waals surface area contributed by atoms with E-state index in [1.807, 2.05) is 0 Å². The number of carbonyl (C=O) groups is 2. The minimum Gasteiger partial charge on any atom is -0.497 e. The fraction of sp³-hybridized carbons (Fsp3) is 0.105. The molecule has 2 aromatic carbocycles. The number of hydrogen-bond acceptors (Lipinski definition) is 6. The van der Waals surface area contributed by atoms with Gasteiger partial charge in [0.1, 0.15) is 11.3 Å². The summed E-state index contributed by atoms with van der Waals surface area (Å²) in [5.41, 5.74) is 0.279. The smallest absolute Gasteiger partial charge is 0.374 e. The molecule has 3 rings (SSSR count). The van der Waals surface area contributed by atoms with Crippen molar-refractivity contribution in [3.8, 4) is 5.75 Å². The van der Waals surface area contributed by atoms with Crippen LogP contribution in [-0.4, -0.2) is 25.6 Å². The molecule has 0 spiro atoms. The van der Waals surface area contributed by atoms with Gasteiger partial charge in [-0.15, -0.1) is 0 Å². The van der Waals surface area contributed by atoms with Gasteiger partial charge in [-0.25, -0.2) is 4.79 Å². The summed E-state index contributed by atoms with van der Waals surface area (Å²) in [6, 6.07) is 12.1. The second kappa shape index (κ2) is 7.92. The van der Waals surface area contributed by atoms with Crippen molar-refractivity contribution >= 4 is 40.1 Å². The van der Waals surface area contributed by atoms with Crippen LogP contribution in [0.4, 0.5) is 5.69 Å². The van der Waals surface area contributed by atoms with E-state index in [1.54, 1.807) is 24.3 Å². The lowest BCUT2D eigenvalue weighted by Crippen LogP contribution is -2.21. The zero-order chi connectivity index (χ0) is 19.4. The number of hydrogen-bond donors (Lipinski definition) is 1. The molecule has 0 radical (unpaired) electrons. The summed E-state index contributed by atoms with van der Waals surface area (Å²) in [7, 11) is 1.53. The summed E-state index contributed by atoms with van der Waals surface area (Å²) < 4.78 is 15.3. The van der Waals surface area contributed by atoms with Gasteiger partial charge in [-0.3, -0.25) is 9.59 Å². The summed E-state index contributed by atoms with van der Waals surface area (Å²) in [6.45, 7) is -0.534. The molecule has 0 aliphatic rings. The average Bonchev–Trinajstić information content (AvgIpc) is 2.67. The fourth-order valence-electron chi connectivity index (χ4n) is 2.30. The van der Waals surface area contributed by atoms with Crippen LogP contribution in [0.1, 0.15) is 10.6 Å². The van der Waals surface area contributed by atoms with Crippen molar-refractivity contribution in [3.63, 3.8) is 0 Å². The van der Waals surface area contributed by atoms with Gasteiger partial charge in [0.15, 0.2) is 12.0 Å². The number of rotatable bonds is 5. The van der Waals surface area contributed by atoms with Crippen LogP contribution in [0.2, 0.25) is 5.02 Å². The zero-order valence-corrected chi connectivity index (χ0v) is 14.9. The lowest BCUT2D eigenvalue weighted by Gasteiger charge is -2.07. The molecule has 0 saturated heterocycles. The fourth-order valence-corrected chi connectivity index (χ4v) is 2.47. The molecule has 138 valence electrons. The molecule has 0 bridgehead atoms. The largest absolute Gasteiger partial charge is 0.497 e. The Bertz CT molecular complexity index is 1060. The Balaban J connectivity index is 1.64. The van der Waals surface area contributed by atoms with Gasteiger partial charge in [0.25, 0.3) is 5.91 Å². The minimum atomic E-state index is -0.922. The number of halogens is 1. The number of methoxy groups -OCH3 is 1. The molecule has 0 aliphatic carbocycles. The van der Waals surface area contributed by atoms with Gasteiger partial charge in [0, 0.05) is 16.8 Å². The molecule has 0 aliphatic heterocycles. The van der Waals surface area contributed by atoms with Crippen LogP contribution in [0.25, 0.3) is 11.0 Å². The first-order valence-electron chi connectivity index (χ1n) is 7.81. The molecular formula is C19H14ClNO6. The quantitative estimate of drug-likeness (QED) is 0.675. The van der Waals surface area contributed by atoms with E-state index in [1.165, 1.54) is 25.3 Å². The lowest BCUT2D eigenvalue weighted by atomic mass is 10.2. The van der Waals surface area contributed by atoms with Gasteiger partial charge in [0.2, 0.25) is 5.76 Å². The van der Waals surface area contributed by atoms with E-state index in [2.05, 4.69) is 5.32 Å². The summed E-state index contributed by atoms with van der Waals surface area (Å²) in [6.07, 6.45) is 0. The van der Waals surface area contributed by atoms with Gasteiger partial charge in [-0.1, -0.05) is 11.6 Å². The number of nitrogens with one attached hydrogen (secondary N) is 1. The van der Waals surface area contributed by atoms with Crippen molar-refractivity contribution < 1.29 is 23.5 Å². The summed E-state index contributed by atoms with van der Waals surface area (Å²) in [5.74, 6) is -1.11. The summed E-state index contributed by atoms with van der Waals surface area (Å²) in [5, 5.41) is 3.19. The summed E-state index contributed by atoms with van der Waals surface area (Å²) >= 11 is 5.84. The third kappa shape index (κ3) is 4.45. The van der Waals surface area contributed by atoms with Crippen LogP contribution >= 0.6 is 11.6 Å². The highest BCUT2D eigenvalue weighted by Gasteiger charge is 2.16. The van der Waals surface area contributed by atoms with Crippen LogP contribution < -0.4 is 15.5 Å². The maximum atomic E-state index is 12.1. The first-order chi connectivity index (χ1) is 13.0. The number of fused-ring (bicyclic) bond motifs is 1. The highest BCUT2D eigenvalue weighted by molar-refractivity contribution is 6.31. The Labute approximate surface area is 158 Å². The molecular weight excluding hydrogens is 374 g/mol. The normalized spacial score (nSPS) is 10.4. The predicted molar refractivity (Wildman–Crippen MR) is 99.4 cm³/mol. The topological polar surface area (TPSA) is 94.8 Å². The van der Waals surface area contributed by atoms with E-state index in [9.17, 15) is 14.4 Å². The van der Waals surface area contributed by atoms with Crippen molar-refractivity contribution in [2.45, 2.75) is 0 Å². The van der Waals surface area contributed by atoms with E-state index in [4.69, 9.17) is 25.5 Å². The predicted octanol–water partition coefficient (Wildman–Crippen LogP) is 3.25.